The van der Waals surface area contributed by atoms with E-state index in [1.807, 2.05) is 45.9 Å². The fourth-order valence-corrected chi connectivity index (χ4v) is 1.94. The van der Waals surface area contributed by atoms with Crippen molar-refractivity contribution < 1.29 is 9.90 Å². The van der Waals surface area contributed by atoms with Gasteiger partial charge in [0.1, 0.15) is 0 Å². The van der Waals surface area contributed by atoms with Gasteiger partial charge in [-0.25, -0.2) is 0 Å². The molecule has 0 heterocycles. The highest BCUT2D eigenvalue weighted by Crippen LogP contribution is 2.12. The first kappa shape index (κ1) is 14.7. The molecule has 0 bridgehead atoms. The second-order valence-corrected chi connectivity index (χ2v) is 5.15. The molecular formula is C15H23NO2. The van der Waals surface area contributed by atoms with Crippen molar-refractivity contribution in [3.05, 3.63) is 34.9 Å². The molecule has 1 atom stereocenters. The second-order valence-electron chi connectivity index (χ2n) is 5.15. The van der Waals surface area contributed by atoms with Gasteiger partial charge >= 0.3 is 0 Å². The maximum absolute atomic E-state index is 12.2. The molecule has 3 heteroatoms. The maximum Gasteiger partial charge on any atom is 0.251 e. The van der Waals surface area contributed by atoms with Crippen molar-refractivity contribution >= 4 is 5.91 Å². The summed E-state index contributed by atoms with van der Waals surface area (Å²) in [4.78, 5) is 12.2. The van der Waals surface area contributed by atoms with E-state index >= 15 is 0 Å². The third kappa shape index (κ3) is 3.84. The van der Waals surface area contributed by atoms with Crippen molar-refractivity contribution in [2.45, 2.75) is 40.2 Å². The predicted octanol–water partition coefficient (Wildman–Crippen LogP) is 2.44. The van der Waals surface area contributed by atoms with Gasteiger partial charge < -0.3 is 10.4 Å². The van der Waals surface area contributed by atoms with Gasteiger partial charge in [0.25, 0.3) is 5.91 Å². The zero-order chi connectivity index (χ0) is 13.7. The van der Waals surface area contributed by atoms with Gasteiger partial charge in [0.15, 0.2) is 0 Å². The lowest BCUT2D eigenvalue weighted by atomic mass is 9.99. The number of benzene rings is 1. The average Bonchev–Trinajstić information content (AvgIpc) is 2.31. The smallest absolute Gasteiger partial charge is 0.251 e. The second kappa shape index (κ2) is 6.55. The van der Waals surface area contributed by atoms with Crippen LogP contribution in [0.4, 0.5) is 0 Å². The lowest BCUT2D eigenvalue weighted by Crippen LogP contribution is -2.39. The van der Waals surface area contributed by atoms with Crippen LogP contribution in [0.5, 0.6) is 0 Å². The van der Waals surface area contributed by atoms with Gasteiger partial charge in [0.2, 0.25) is 0 Å². The van der Waals surface area contributed by atoms with Crippen LogP contribution < -0.4 is 5.32 Å². The van der Waals surface area contributed by atoms with Crippen LogP contribution in [0.15, 0.2) is 18.2 Å². The SMILES string of the molecule is Cc1ccc(C)c(C(=O)NC(CCO)C(C)C)c1. The van der Waals surface area contributed by atoms with Crippen molar-refractivity contribution in [2.75, 3.05) is 6.61 Å². The summed E-state index contributed by atoms with van der Waals surface area (Å²) < 4.78 is 0. The number of aliphatic hydroxyl groups excluding tert-OH is 1. The Kier molecular flexibility index (Phi) is 5.35. The van der Waals surface area contributed by atoms with Crippen molar-refractivity contribution in [1.82, 2.24) is 5.32 Å². The molecule has 1 aromatic carbocycles. The summed E-state index contributed by atoms with van der Waals surface area (Å²) in [5.74, 6) is 0.259. The number of nitrogens with one attached hydrogen (secondary N) is 1. The van der Waals surface area contributed by atoms with Crippen LogP contribution in [-0.4, -0.2) is 23.7 Å². The third-order valence-corrected chi connectivity index (χ3v) is 3.20. The number of aryl methyl sites for hydroxylation is 2. The summed E-state index contributed by atoms with van der Waals surface area (Å²) in [6, 6.07) is 5.88. The molecule has 0 saturated carbocycles. The zero-order valence-electron chi connectivity index (χ0n) is 11.7. The Hall–Kier alpha value is -1.35. The van der Waals surface area contributed by atoms with Gasteiger partial charge in [-0.15, -0.1) is 0 Å². The molecule has 100 valence electrons. The van der Waals surface area contributed by atoms with Crippen LogP contribution in [0, 0.1) is 19.8 Å². The standard InChI is InChI=1S/C15H23NO2/c1-10(2)14(7-8-17)16-15(18)13-9-11(3)5-6-12(13)4/h5-6,9-10,14,17H,7-8H2,1-4H3,(H,16,18). The zero-order valence-corrected chi connectivity index (χ0v) is 11.7. The van der Waals surface area contributed by atoms with Crippen molar-refractivity contribution in [1.29, 1.82) is 0 Å². The van der Waals surface area contributed by atoms with Gasteiger partial charge in [-0.1, -0.05) is 31.5 Å². The number of rotatable bonds is 5. The molecule has 0 fully saturated rings. The van der Waals surface area contributed by atoms with E-state index in [9.17, 15) is 4.79 Å². The summed E-state index contributed by atoms with van der Waals surface area (Å²) >= 11 is 0. The van der Waals surface area contributed by atoms with E-state index in [1.165, 1.54) is 0 Å². The Morgan fingerprint density at radius 1 is 1.33 bits per heavy atom. The summed E-state index contributed by atoms with van der Waals surface area (Å²) in [7, 11) is 0. The Morgan fingerprint density at radius 3 is 2.56 bits per heavy atom. The quantitative estimate of drug-likeness (QED) is 0.842. The maximum atomic E-state index is 12.2. The van der Waals surface area contributed by atoms with E-state index in [1.54, 1.807) is 0 Å². The number of hydrogen-bond acceptors (Lipinski definition) is 2. The first-order valence-electron chi connectivity index (χ1n) is 6.44. The fraction of sp³-hybridized carbons (Fsp3) is 0.533. The normalized spacial score (nSPS) is 12.6. The Balaban J connectivity index is 2.83. The van der Waals surface area contributed by atoms with Crippen molar-refractivity contribution in [2.24, 2.45) is 5.92 Å². The minimum absolute atomic E-state index is 0.0161. The number of hydrogen-bond donors (Lipinski definition) is 2. The lowest BCUT2D eigenvalue weighted by molar-refractivity contribution is 0.0916. The van der Waals surface area contributed by atoms with Gasteiger partial charge in [-0.2, -0.15) is 0 Å². The van der Waals surface area contributed by atoms with E-state index in [2.05, 4.69) is 5.32 Å². The van der Waals surface area contributed by atoms with Crippen LogP contribution in [0.25, 0.3) is 0 Å². The van der Waals surface area contributed by atoms with Gasteiger partial charge in [-0.3, -0.25) is 4.79 Å². The molecule has 1 rings (SSSR count). The first-order chi connectivity index (χ1) is 8.45. The minimum atomic E-state index is -0.0525. The molecule has 0 aromatic heterocycles. The molecule has 0 aliphatic heterocycles. The molecule has 0 aliphatic carbocycles. The molecule has 0 radical (unpaired) electrons. The van der Waals surface area contributed by atoms with E-state index in [-0.39, 0.29) is 18.6 Å². The highest BCUT2D eigenvalue weighted by Gasteiger charge is 2.17. The van der Waals surface area contributed by atoms with Crippen molar-refractivity contribution in [3.8, 4) is 0 Å². The minimum Gasteiger partial charge on any atom is -0.396 e. The first-order valence-corrected chi connectivity index (χ1v) is 6.44. The molecule has 3 nitrogen and oxygen atoms in total. The Labute approximate surface area is 109 Å². The number of carbonyl (C=O) groups is 1. The Morgan fingerprint density at radius 2 is 2.00 bits per heavy atom. The Bertz CT molecular complexity index is 413. The van der Waals surface area contributed by atoms with Crippen LogP contribution in [0.3, 0.4) is 0 Å². The summed E-state index contributed by atoms with van der Waals surface area (Å²) in [6.45, 7) is 8.10. The molecule has 0 spiro atoms. The van der Waals surface area contributed by atoms with Crippen LogP contribution in [-0.2, 0) is 0 Å². The molecule has 1 unspecified atom stereocenters. The fourth-order valence-electron chi connectivity index (χ4n) is 1.94. The largest absolute Gasteiger partial charge is 0.396 e. The van der Waals surface area contributed by atoms with Crippen molar-refractivity contribution in [3.63, 3.8) is 0 Å². The highest BCUT2D eigenvalue weighted by atomic mass is 16.3. The van der Waals surface area contributed by atoms with Crippen LogP contribution >= 0.6 is 0 Å². The van der Waals surface area contributed by atoms with E-state index in [4.69, 9.17) is 5.11 Å². The summed E-state index contributed by atoms with van der Waals surface area (Å²) in [6.07, 6.45) is 0.592. The summed E-state index contributed by atoms with van der Waals surface area (Å²) in [5.41, 5.74) is 2.78. The molecule has 2 N–H and O–H groups in total. The molecule has 1 amide bonds. The van der Waals surface area contributed by atoms with Crippen LogP contribution in [0.2, 0.25) is 0 Å². The topological polar surface area (TPSA) is 49.3 Å². The number of carbonyl (C=O) groups excluding carboxylic acids is 1. The molecule has 0 aliphatic rings. The average molecular weight is 249 g/mol. The molecule has 18 heavy (non-hydrogen) atoms. The van der Waals surface area contributed by atoms with E-state index in [0.717, 1.165) is 16.7 Å². The van der Waals surface area contributed by atoms with Gasteiger partial charge in [-0.05, 0) is 37.8 Å². The van der Waals surface area contributed by atoms with Gasteiger partial charge in [0.05, 0.1) is 0 Å². The third-order valence-electron chi connectivity index (χ3n) is 3.20. The molecule has 1 aromatic rings. The summed E-state index contributed by atoms with van der Waals surface area (Å²) in [5, 5.41) is 12.0. The van der Waals surface area contributed by atoms with Crippen LogP contribution in [0.1, 0.15) is 41.8 Å². The lowest BCUT2D eigenvalue weighted by Gasteiger charge is -2.22. The number of amides is 1. The molecule has 0 saturated heterocycles. The highest BCUT2D eigenvalue weighted by molar-refractivity contribution is 5.96. The molecular weight excluding hydrogens is 226 g/mol. The predicted molar refractivity (Wildman–Crippen MR) is 73.7 cm³/mol. The monoisotopic (exact) mass is 249 g/mol. The van der Waals surface area contributed by atoms with Gasteiger partial charge in [0, 0.05) is 18.2 Å². The number of aliphatic hydroxyl groups is 1. The van der Waals surface area contributed by atoms with E-state index in [0.29, 0.717) is 12.3 Å². The van der Waals surface area contributed by atoms with E-state index < -0.39 is 0 Å².